The van der Waals surface area contributed by atoms with E-state index in [9.17, 15) is 19.3 Å². The van der Waals surface area contributed by atoms with E-state index in [0.717, 1.165) is 11.1 Å². The molecule has 0 atom stereocenters. The number of aryl methyl sites for hydroxylation is 1. The molecule has 0 aliphatic rings. The maximum absolute atomic E-state index is 13.4. The van der Waals surface area contributed by atoms with Crippen molar-refractivity contribution < 1.29 is 47.3 Å². The van der Waals surface area contributed by atoms with Gasteiger partial charge in [0, 0.05) is 5.56 Å². The topological polar surface area (TPSA) is 127 Å². The highest BCUT2D eigenvalue weighted by atomic mass is 127. The van der Waals surface area contributed by atoms with Gasteiger partial charge in [-0.1, -0.05) is 13.8 Å². The van der Waals surface area contributed by atoms with E-state index in [1.54, 1.807) is 71.9 Å². The Hall–Kier alpha value is -2.34. The van der Waals surface area contributed by atoms with E-state index in [-0.39, 0.29) is 11.7 Å². The van der Waals surface area contributed by atoms with Gasteiger partial charge < -0.3 is 24.1 Å². The summed E-state index contributed by atoms with van der Waals surface area (Å²) in [5, 5.41) is 10.1. The van der Waals surface area contributed by atoms with Crippen molar-refractivity contribution in [3.8, 4) is 23.0 Å². The monoisotopic (exact) mass is 706 g/mol. The molecule has 1 N–H and O–H groups in total. The van der Waals surface area contributed by atoms with Crippen LogP contribution in [0, 0.1) is 21.3 Å². The highest BCUT2D eigenvalue weighted by molar-refractivity contribution is 14.1. The van der Waals surface area contributed by atoms with Crippen molar-refractivity contribution in [2.24, 2.45) is 10.8 Å². The smallest absolute Gasteiger partial charge is 0.373 e. The van der Waals surface area contributed by atoms with Gasteiger partial charge in [-0.2, -0.15) is 0 Å². The van der Waals surface area contributed by atoms with E-state index >= 15 is 0 Å². The molecule has 0 saturated heterocycles. The van der Waals surface area contributed by atoms with Gasteiger partial charge in [0.2, 0.25) is 13.6 Å². The summed E-state index contributed by atoms with van der Waals surface area (Å²) < 4.78 is 46.8. The van der Waals surface area contributed by atoms with Crippen LogP contribution in [0.2, 0.25) is 0 Å². The predicted molar refractivity (Wildman–Crippen MR) is 162 cm³/mol. The number of phenolic OH excluding ortho intramolecular Hbond substituents is 1. The quantitative estimate of drug-likeness (QED) is 0.101. The lowest BCUT2D eigenvalue weighted by Crippen LogP contribution is -2.25. The van der Waals surface area contributed by atoms with Crippen molar-refractivity contribution >= 4 is 42.1 Å². The van der Waals surface area contributed by atoms with Gasteiger partial charge in [0.1, 0.15) is 23.0 Å². The average Bonchev–Trinajstić information content (AvgIpc) is 2.84. The second-order valence-corrected chi connectivity index (χ2v) is 14.9. The Kier molecular flexibility index (Phi) is 12.1. The first-order valence-corrected chi connectivity index (χ1v) is 15.8. The molecule has 0 aliphatic heterocycles. The van der Waals surface area contributed by atoms with Crippen molar-refractivity contribution in [1.82, 2.24) is 0 Å². The highest BCUT2D eigenvalue weighted by Crippen LogP contribution is 2.49. The summed E-state index contributed by atoms with van der Waals surface area (Å²) in [5.74, 6) is 0.734. The fourth-order valence-electron chi connectivity index (χ4n) is 3.11. The standard InChI is InChI=1S/C29H40IO10P/c1-18(2)22-13-20(10-11-24(22)31)40-25-19(3)12-21(14-23(25)30)37-17-41(34,38-15-35-26(32)28(4,5)6)39-16-36-27(33)29(7,8)9/h10-14,18,31H,15-17H2,1-9H3. The molecule has 41 heavy (non-hydrogen) atoms. The van der Waals surface area contributed by atoms with Crippen LogP contribution in [0.3, 0.4) is 0 Å². The van der Waals surface area contributed by atoms with E-state index in [4.69, 9.17) is 28.0 Å². The summed E-state index contributed by atoms with van der Waals surface area (Å²) >= 11 is 2.10. The molecule has 0 unspecified atom stereocenters. The third kappa shape index (κ3) is 10.8. The second-order valence-electron chi connectivity index (χ2n) is 11.8. The second kappa shape index (κ2) is 14.2. The predicted octanol–water partition coefficient (Wildman–Crippen LogP) is 7.88. The fourth-order valence-corrected chi connectivity index (χ4v) is 4.91. The van der Waals surface area contributed by atoms with Crippen LogP contribution in [-0.2, 0) is 32.7 Å². The van der Waals surface area contributed by atoms with Gasteiger partial charge in [-0.25, -0.2) is 0 Å². The largest absolute Gasteiger partial charge is 0.508 e. The zero-order valence-electron chi connectivity index (χ0n) is 25.0. The first-order chi connectivity index (χ1) is 18.8. The lowest BCUT2D eigenvalue weighted by Gasteiger charge is -2.22. The number of benzene rings is 2. The number of esters is 2. The summed E-state index contributed by atoms with van der Waals surface area (Å²) in [7, 11) is -4.05. The summed E-state index contributed by atoms with van der Waals surface area (Å²) in [5.41, 5.74) is -0.0729. The number of phenols is 1. The minimum Gasteiger partial charge on any atom is -0.508 e. The van der Waals surface area contributed by atoms with E-state index < -0.39 is 50.3 Å². The lowest BCUT2D eigenvalue weighted by atomic mass is 9.98. The van der Waals surface area contributed by atoms with Crippen LogP contribution in [0.1, 0.15) is 72.4 Å². The normalized spacial score (nSPS) is 12.3. The molecule has 0 fully saturated rings. The van der Waals surface area contributed by atoms with Gasteiger partial charge in [-0.3, -0.25) is 23.2 Å². The molecule has 0 aromatic heterocycles. The highest BCUT2D eigenvalue weighted by Gasteiger charge is 2.31. The van der Waals surface area contributed by atoms with E-state index in [2.05, 4.69) is 22.6 Å². The van der Waals surface area contributed by atoms with Gasteiger partial charge in [0.25, 0.3) is 0 Å². The Morgan fingerprint density at radius 2 is 1.44 bits per heavy atom. The number of aromatic hydroxyl groups is 1. The van der Waals surface area contributed by atoms with Crippen molar-refractivity contribution in [3.05, 3.63) is 45.0 Å². The molecular formula is C29H40IO10P. The maximum Gasteiger partial charge on any atom is 0.373 e. The lowest BCUT2D eigenvalue weighted by molar-refractivity contribution is -0.162. The molecule has 2 aromatic carbocycles. The average molecular weight is 707 g/mol. The Bertz CT molecular complexity index is 1220. The van der Waals surface area contributed by atoms with Crippen LogP contribution >= 0.6 is 30.2 Å². The molecule has 0 heterocycles. The Labute approximate surface area is 255 Å². The number of ether oxygens (including phenoxy) is 4. The molecule has 228 valence electrons. The molecule has 10 nitrogen and oxygen atoms in total. The minimum atomic E-state index is -4.05. The molecule has 2 rings (SSSR count). The van der Waals surface area contributed by atoms with Crippen LogP contribution in [-0.4, -0.2) is 37.0 Å². The number of carbonyl (C=O) groups is 2. The molecule has 0 amide bonds. The molecule has 12 heteroatoms. The van der Waals surface area contributed by atoms with Crippen molar-refractivity contribution in [2.75, 3.05) is 19.9 Å². The van der Waals surface area contributed by atoms with Gasteiger partial charge in [0.05, 0.1) is 14.4 Å². The van der Waals surface area contributed by atoms with Gasteiger partial charge in [-0.15, -0.1) is 0 Å². The molecule has 0 aliphatic carbocycles. The minimum absolute atomic E-state index is 0.114. The van der Waals surface area contributed by atoms with E-state index in [1.807, 2.05) is 20.8 Å². The van der Waals surface area contributed by atoms with Gasteiger partial charge in [-0.05, 0) is 113 Å². The van der Waals surface area contributed by atoms with Crippen LogP contribution in [0.5, 0.6) is 23.0 Å². The maximum atomic E-state index is 13.4. The summed E-state index contributed by atoms with van der Waals surface area (Å²) in [4.78, 5) is 24.2. The van der Waals surface area contributed by atoms with E-state index in [0.29, 0.717) is 20.8 Å². The Morgan fingerprint density at radius 1 is 0.902 bits per heavy atom. The number of carbonyl (C=O) groups excluding carboxylic acids is 2. The van der Waals surface area contributed by atoms with Crippen molar-refractivity contribution in [3.63, 3.8) is 0 Å². The molecule has 0 radical (unpaired) electrons. The van der Waals surface area contributed by atoms with Gasteiger partial charge in [0.15, 0.2) is 6.35 Å². The Balaban J connectivity index is 2.17. The first-order valence-electron chi connectivity index (χ1n) is 13.0. The zero-order valence-corrected chi connectivity index (χ0v) is 28.1. The molecule has 0 spiro atoms. The SMILES string of the molecule is Cc1cc(OCP(=O)(OCOC(=O)C(C)(C)C)OCOC(=O)C(C)(C)C)cc(I)c1Oc1ccc(O)c(C(C)C)c1. The third-order valence-electron chi connectivity index (χ3n) is 5.54. The third-order valence-corrected chi connectivity index (χ3v) is 7.78. The number of hydrogen-bond donors (Lipinski definition) is 1. The zero-order chi connectivity index (χ0) is 31.2. The fraction of sp³-hybridized carbons (Fsp3) is 0.517. The Morgan fingerprint density at radius 3 is 1.90 bits per heavy atom. The van der Waals surface area contributed by atoms with Crippen molar-refractivity contribution in [1.29, 1.82) is 0 Å². The number of halogens is 1. The molecule has 0 bridgehead atoms. The van der Waals surface area contributed by atoms with Crippen LogP contribution in [0.4, 0.5) is 0 Å². The van der Waals surface area contributed by atoms with Gasteiger partial charge >= 0.3 is 19.5 Å². The molecule has 0 saturated carbocycles. The summed E-state index contributed by atoms with van der Waals surface area (Å²) in [6.07, 6.45) is -0.543. The van der Waals surface area contributed by atoms with Crippen LogP contribution in [0.15, 0.2) is 30.3 Å². The molecule has 2 aromatic rings. The van der Waals surface area contributed by atoms with Crippen LogP contribution in [0.25, 0.3) is 0 Å². The molecular weight excluding hydrogens is 666 g/mol. The first kappa shape index (κ1) is 34.9. The van der Waals surface area contributed by atoms with Crippen molar-refractivity contribution in [2.45, 2.75) is 68.2 Å². The number of hydrogen-bond acceptors (Lipinski definition) is 10. The van der Waals surface area contributed by atoms with Crippen LogP contribution < -0.4 is 9.47 Å². The number of rotatable bonds is 12. The summed E-state index contributed by atoms with van der Waals surface area (Å²) in [6.45, 7) is 14.5. The van der Waals surface area contributed by atoms with E-state index in [1.165, 1.54) is 0 Å². The summed E-state index contributed by atoms with van der Waals surface area (Å²) in [6, 6.07) is 8.47.